The Bertz CT molecular complexity index is 631. The van der Waals surface area contributed by atoms with E-state index in [2.05, 4.69) is 0 Å². The van der Waals surface area contributed by atoms with Crippen molar-refractivity contribution in [1.82, 2.24) is 0 Å². The zero-order valence-corrected chi connectivity index (χ0v) is 10.3. The molecule has 0 spiro atoms. The quantitative estimate of drug-likeness (QED) is 0.629. The van der Waals surface area contributed by atoms with E-state index in [1.165, 1.54) is 36.4 Å². The molecule has 2 aromatic carbocycles. The van der Waals surface area contributed by atoms with Crippen LogP contribution in [-0.2, 0) is 0 Å². The van der Waals surface area contributed by atoms with E-state index < -0.39 is 23.2 Å². The maximum absolute atomic E-state index is 13.4. The molecule has 4 heteroatoms. The first-order valence-corrected chi connectivity index (χ1v) is 5.85. The van der Waals surface area contributed by atoms with Crippen LogP contribution in [0.4, 0.5) is 8.78 Å². The van der Waals surface area contributed by atoms with E-state index >= 15 is 0 Å². The summed E-state index contributed by atoms with van der Waals surface area (Å²) in [4.78, 5) is 23.4. The molecule has 0 unspecified atom stereocenters. The number of hydrogen-bond donors (Lipinski definition) is 0. The largest absolute Gasteiger partial charge is 0.289 e. The van der Waals surface area contributed by atoms with Crippen LogP contribution in [0.2, 0.25) is 0 Å². The van der Waals surface area contributed by atoms with Crippen LogP contribution in [0.1, 0.15) is 20.7 Å². The molecule has 0 fully saturated rings. The third-order valence-electron chi connectivity index (χ3n) is 2.66. The van der Waals surface area contributed by atoms with Crippen molar-refractivity contribution >= 4 is 11.6 Å². The van der Waals surface area contributed by atoms with Gasteiger partial charge in [-0.15, -0.1) is 0 Å². The minimum atomic E-state index is -0.666. The minimum absolute atomic E-state index is 0.134. The summed E-state index contributed by atoms with van der Waals surface area (Å²) in [5.41, 5.74) is -0.268. The lowest BCUT2D eigenvalue weighted by molar-refractivity contribution is 0.101. The standard InChI is InChI=1S/C16H10F2O2/c17-13-7-3-1-5-11(13)15(19)9-10-16(20)12-6-2-4-8-14(12)18/h1-10H/b10-9+. The second-order valence-electron chi connectivity index (χ2n) is 4.02. The molecular weight excluding hydrogens is 262 g/mol. The Morgan fingerprint density at radius 3 is 1.40 bits per heavy atom. The van der Waals surface area contributed by atoms with Gasteiger partial charge in [-0.1, -0.05) is 24.3 Å². The van der Waals surface area contributed by atoms with Crippen LogP contribution < -0.4 is 0 Å². The molecule has 100 valence electrons. The van der Waals surface area contributed by atoms with Crippen molar-refractivity contribution in [3.8, 4) is 0 Å². The van der Waals surface area contributed by atoms with Gasteiger partial charge in [0.15, 0.2) is 11.6 Å². The Kier molecular flexibility index (Phi) is 4.15. The predicted molar refractivity (Wildman–Crippen MR) is 70.6 cm³/mol. The summed E-state index contributed by atoms with van der Waals surface area (Å²) in [6.07, 6.45) is 1.88. The molecule has 20 heavy (non-hydrogen) atoms. The average molecular weight is 272 g/mol. The molecule has 0 heterocycles. The van der Waals surface area contributed by atoms with Crippen LogP contribution in [0.25, 0.3) is 0 Å². The highest BCUT2D eigenvalue weighted by molar-refractivity contribution is 6.12. The van der Waals surface area contributed by atoms with Crippen molar-refractivity contribution in [1.29, 1.82) is 0 Å². The van der Waals surface area contributed by atoms with Gasteiger partial charge in [-0.3, -0.25) is 9.59 Å². The summed E-state index contributed by atoms with van der Waals surface area (Å²) in [7, 11) is 0. The fraction of sp³-hybridized carbons (Fsp3) is 0. The van der Waals surface area contributed by atoms with Crippen LogP contribution in [-0.4, -0.2) is 11.6 Å². The van der Waals surface area contributed by atoms with Gasteiger partial charge in [-0.05, 0) is 36.4 Å². The zero-order valence-electron chi connectivity index (χ0n) is 10.3. The van der Waals surface area contributed by atoms with Crippen molar-refractivity contribution in [2.24, 2.45) is 0 Å². The first-order chi connectivity index (χ1) is 9.59. The van der Waals surface area contributed by atoms with Gasteiger partial charge in [0.05, 0.1) is 11.1 Å². The molecule has 0 aliphatic rings. The van der Waals surface area contributed by atoms with E-state index in [0.29, 0.717) is 0 Å². The van der Waals surface area contributed by atoms with E-state index in [1.807, 2.05) is 0 Å². The lowest BCUT2D eigenvalue weighted by Crippen LogP contribution is -2.02. The molecule has 0 amide bonds. The van der Waals surface area contributed by atoms with Gasteiger partial charge in [-0.25, -0.2) is 8.78 Å². The highest BCUT2D eigenvalue weighted by Gasteiger charge is 2.10. The van der Waals surface area contributed by atoms with Gasteiger partial charge >= 0.3 is 0 Å². The topological polar surface area (TPSA) is 34.1 Å². The fourth-order valence-electron chi connectivity index (χ4n) is 1.65. The zero-order chi connectivity index (χ0) is 14.5. The number of rotatable bonds is 4. The molecular formula is C16H10F2O2. The Balaban J connectivity index is 2.18. The summed E-state index contributed by atoms with van der Waals surface area (Å²) in [5.74, 6) is -2.62. The summed E-state index contributed by atoms with van der Waals surface area (Å²) in [6.45, 7) is 0. The molecule has 0 saturated carbocycles. The molecule has 0 radical (unpaired) electrons. The number of hydrogen-bond acceptors (Lipinski definition) is 2. The smallest absolute Gasteiger partial charge is 0.188 e. The number of carbonyl (C=O) groups excluding carboxylic acids is 2. The Morgan fingerprint density at radius 1 is 0.700 bits per heavy atom. The molecule has 0 aromatic heterocycles. The van der Waals surface area contributed by atoms with E-state index in [1.54, 1.807) is 0 Å². The van der Waals surface area contributed by atoms with Crippen LogP contribution in [0.5, 0.6) is 0 Å². The SMILES string of the molecule is O=C(/C=C/C(=O)c1ccccc1F)c1ccccc1F. The number of allylic oxidation sites excluding steroid dienone is 2. The monoisotopic (exact) mass is 272 g/mol. The third kappa shape index (κ3) is 3.03. The number of benzene rings is 2. The van der Waals surface area contributed by atoms with Crippen molar-refractivity contribution in [3.05, 3.63) is 83.4 Å². The van der Waals surface area contributed by atoms with Gasteiger partial charge in [0.1, 0.15) is 11.6 Å². The molecule has 2 aromatic rings. The summed E-state index contributed by atoms with van der Waals surface area (Å²) >= 11 is 0. The lowest BCUT2D eigenvalue weighted by atomic mass is 10.1. The summed E-state index contributed by atoms with van der Waals surface area (Å²) < 4.78 is 26.7. The lowest BCUT2D eigenvalue weighted by Gasteiger charge is -1.98. The van der Waals surface area contributed by atoms with Crippen molar-refractivity contribution in [2.45, 2.75) is 0 Å². The second kappa shape index (κ2) is 6.02. The normalized spacial score (nSPS) is 10.7. The first-order valence-electron chi connectivity index (χ1n) is 5.85. The average Bonchev–Trinajstić information content (AvgIpc) is 2.45. The molecule has 2 rings (SSSR count). The first kappa shape index (κ1) is 13.8. The number of halogens is 2. The molecule has 0 N–H and O–H groups in total. The predicted octanol–water partition coefficient (Wildman–Crippen LogP) is 3.59. The molecule has 0 atom stereocenters. The van der Waals surface area contributed by atoms with Crippen LogP contribution >= 0.6 is 0 Å². The van der Waals surface area contributed by atoms with Crippen molar-refractivity contribution < 1.29 is 18.4 Å². The molecule has 0 saturated heterocycles. The molecule has 0 aliphatic carbocycles. The highest BCUT2D eigenvalue weighted by Crippen LogP contribution is 2.10. The number of carbonyl (C=O) groups is 2. The van der Waals surface area contributed by atoms with E-state index in [0.717, 1.165) is 24.3 Å². The van der Waals surface area contributed by atoms with Gasteiger partial charge in [-0.2, -0.15) is 0 Å². The van der Waals surface area contributed by atoms with Gasteiger partial charge in [0.2, 0.25) is 0 Å². The second-order valence-corrected chi connectivity index (χ2v) is 4.02. The van der Waals surface area contributed by atoms with E-state index in [9.17, 15) is 18.4 Å². The van der Waals surface area contributed by atoms with Crippen molar-refractivity contribution in [2.75, 3.05) is 0 Å². The van der Waals surface area contributed by atoms with E-state index in [-0.39, 0.29) is 11.1 Å². The fourth-order valence-corrected chi connectivity index (χ4v) is 1.65. The minimum Gasteiger partial charge on any atom is -0.289 e. The van der Waals surface area contributed by atoms with Crippen LogP contribution in [0.15, 0.2) is 60.7 Å². The van der Waals surface area contributed by atoms with Gasteiger partial charge in [0, 0.05) is 0 Å². The van der Waals surface area contributed by atoms with Gasteiger partial charge in [0.25, 0.3) is 0 Å². The van der Waals surface area contributed by atoms with Crippen LogP contribution in [0.3, 0.4) is 0 Å². The Morgan fingerprint density at radius 2 is 1.05 bits per heavy atom. The summed E-state index contributed by atoms with van der Waals surface area (Å²) in [6, 6.07) is 10.9. The Hall–Kier alpha value is -2.62. The van der Waals surface area contributed by atoms with E-state index in [4.69, 9.17) is 0 Å². The third-order valence-corrected chi connectivity index (χ3v) is 2.66. The maximum Gasteiger partial charge on any atom is 0.188 e. The summed E-state index contributed by atoms with van der Waals surface area (Å²) in [5, 5.41) is 0. The maximum atomic E-state index is 13.4. The van der Waals surface area contributed by atoms with Gasteiger partial charge < -0.3 is 0 Å². The molecule has 2 nitrogen and oxygen atoms in total. The number of ketones is 2. The van der Waals surface area contributed by atoms with Crippen LogP contribution in [0, 0.1) is 11.6 Å². The Labute approximate surface area is 114 Å². The van der Waals surface area contributed by atoms with Crippen molar-refractivity contribution in [3.63, 3.8) is 0 Å². The molecule has 0 aliphatic heterocycles. The highest BCUT2D eigenvalue weighted by atomic mass is 19.1. The molecule has 0 bridgehead atoms.